The summed E-state index contributed by atoms with van der Waals surface area (Å²) in [5.41, 5.74) is 3.17. The molecule has 4 aliphatic heterocycles. The number of fused-ring (bicyclic) bond motifs is 6. The number of H-pyrrole nitrogens is 1. The van der Waals surface area contributed by atoms with E-state index in [1.807, 2.05) is 12.1 Å². The van der Waals surface area contributed by atoms with Crippen molar-refractivity contribution in [2.24, 2.45) is 11.8 Å². The van der Waals surface area contributed by atoms with Gasteiger partial charge in [0.25, 0.3) is 5.91 Å². The van der Waals surface area contributed by atoms with E-state index in [1.165, 1.54) is 20.1 Å². The Balaban J connectivity index is 1.31. The molecule has 0 unspecified atom stereocenters. The van der Waals surface area contributed by atoms with Gasteiger partial charge in [-0.05, 0) is 36.6 Å². The van der Waals surface area contributed by atoms with Crippen LogP contribution in [0, 0.1) is 11.8 Å². The number of benzene rings is 1. The highest BCUT2D eigenvalue weighted by Gasteiger charge is 2.55. The lowest BCUT2D eigenvalue weighted by Gasteiger charge is -2.48. The van der Waals surface area contributed by atoms with Crippen LogP contribution in [0.25, 0.3) is 10.9 Å². The minimum atomic E-state index is -1.50. The molecule has 2 aromatic rings. The average molecular weight is 725 g/mol. The van der Waals surface area contributed by atoms with Crippen LogP contribution in [0.2, 0.25) is 0 Å². The zero-order valence-corrected chi connectivity index (χ0v) is 29.3. The van der Waals surface area contributed by atoms with Gasteiger partial charge in [-0.3, -0.25) is 28.8 Å². The standard InChI is InChI=1S/C36H40N2O14/c1-7-22-24-13-28-30-23(25-12-21(47-17(3)40)8-9-27(25)37-30)10-11-38(28)34(44)26(24)14-46-35(22)52-36-33(50-20(6)43)32(49-19(5)42)31(48-18(4)41)29(51-36)15-45-16(2)39/h7-9,12,14,22,24,28-29,31-33,35-37H,1,10-11,13,15H2,2-6H3/t22-,24+,28+,29-,31-,32+,33-,35+,36+/m1/s1. The Hall–Kier alpha value is -5.22. The highest BCUT2D eigenvalue weighted by atomic mass is 16.8. The summed E-state index contributed by atoms with van der Waals surface area (Å²) in [5, 5.41) is 0.902. The lowest BCUT2D eigenvalue weighted by molar-refractivity contribution is -0.342. The van der Waals surface area contributed by atoms with Crippen LogP contribution in [0.5, 0.6) is 5.75 Å². The predicted molar refractivity (Wildman–Crippen MR) is 176 cm³/mol. The van der Waals surface area contributed by atoms with Gasteiger partial charge in [-0.25, -0.2) is 0 Å². The van der Waals surface area contributed by atoms with Gasteiger partial charge in [-0.15, -0.1) is 6.58 Å². The van der Waals surface area contributed by atoms with Crippen molar-refractivity contribution in [1.29, 1.82) is 0 Å². The first kappa shape index (κ1) is 36.6. The van der Waals surface area contributed by atoms with Crippen molar-refractivity contribution >= 4 is 46.7 Å². The molecule has 2 saturated heterocycles. The van der Waals surface area contributed by atoms with Crippen molar-refractivity contribution in [3.05, 3.63) is 53.9 Å². The van der Waals surface area contributed by atoms with Crippen LogP contribution in [0.3, 0.4) is 0 Å². The van der Waals surface area contributed by atoms with Crippen LogP contribution in [0.15, 0.2) is 42.7 Å². The molecule has 1 aromatic carbocycles. The third kappa shape index (κ3) is 7.25. The number of aromatic nitrogens is 1. The van der Waals surface area contributed by atoms with Crippen molar-refractivity contribution in [2.75, 3.05) is 13.2 Å². The summed E-state index contributed by atoms with van der Waals surface area (Å²) < 4.78 is 45.5. The molecule has 4 aliphatic rings. The quantitative estimate of drug-likeness (QED) is 0.172. The monoisotopic (exact) mass is 724 g/mol. The highest BCUT2D eigenvalue weighted by molar-refractivity contribution is 5.96. The Morgan fingerprint density at radius 1 is 0.923 bits per heavy atom. The van der Waals surface area contributed by atoms with Crippen LogP contribution >= 0.6 is 0 Å². The van der Waals surface area contributed by atoms with Crippen LogP contribution in [-0.4, -0.2) is 95.8 Å². The first-order valence-corrected chi connectivity index (χ1v) is 16.8. The van der Waals surface area contributed by atoms with Gasteiger partial charge in [-0.2, -0.15) is 0 Å². The number of ether oxygens (including phenoxy) is 8. The summed E-state index contributed by atoms with van der Waals surface area (Å²) >= 11 is 0. The van der Waals surface area contributed by atoms with E-state index in [1.54, 1.807) is 17.0 Å². The van der Waals surface area contributed by atoms with Gasteiger partial charge in [0.1, 0.15) is 18.5 Å². The van der Waals surface area contributed by atoms with Crippen LogP contribution < -0.4 is 4.74 Å². The Bertz CT molecular complexity index is 1830. The molecule has 0 radical (unpaired) electrons. The maximum Gasteiger partial charge on any atom is 0.308 e. The van der Waals surface area contributed by atoms with E-state index in [0.29, 0.717) is 30.7 Å². The molecule has 2 fully saturated rings. The highest BCUT2D eigenvalue weighted by Crippen LogP contribution is 2.49. The molecule has 0 saturated carbocycles. The number of nitrogens with one attached hydrogen (secondary N) is 1. The average Bonchev–Trinajstić information content (AvgIpc) is 3.44. The predicted octanol–water partition coefficient (Wildman–Crippen LogP) is 2.68. The second-order valence-electron chi connectivity index (χ2n) is 13.0. The van der Waals surface area contributed by atoms with E-state index >= 15 is 0 Å². The van der Waals surface area contributed by atoms with Crippen molar-refractivity contribution in [1.82, 2.24) is 9.88 Å². The summed E-state index contributed by atoms with van der Waals surface area (Å²) in [4.78, 5) is 79.4. The van der Waals surface area contributed by atoms with Gasteiger partial charge in [-0.1, -0.05) is 6.08 Å². The Kier molecular flexibility index (Phi) is 10.4. The normalized spacial score (nSPS) is 29.2. The molecule has 0 spiro atoms. The second-order valence-corrected chi connectivity index (χ2v) is 13.0. The van der Waals surface area contributed by atoms with Crippen molar-refractivity contribution in [2.45, 2.75) is 90.5 Å². The fraction of sp³-hybridized carbons (Fsp3) is 0.500. The molecule has 5 heterocycles. The number of amides is 1. The van der Waals surface area contributed by atoms with Crippen LogP contribution in [0.4, 0.5) is 0 Å². The molecule has 16 nitrogen and oxygen atoms in total. The second kappa shape index (κ2) is 14.8. The van der Waals surface area contributed by atoms with E-state index in [9.17, 15) is 28.8 Å². The first-order valence-electron chi connectivity index (χ1n) is 16.8. The number of rotatable bonds is 9. The topological polar surface area (TPSA) is 195 Å². The molecule has 0 bridgehead atoms. The number of hydrogen-bond donors (Lipinski definition) is 1. The minimum Gasteiger partial charge on any atom is -0.471 e. The zero-order chi connectivity index (χ0) is 37.4. The number of aromatic amines is 1. The molecule has 1 aromatic heterocycles. The molecule has 278 valence electrons. The number of hydrogen-bond acceptors (Lipinski definition) is 14. The lowest BCUT2D eigenvalue weighted by atomic mass is 9.74. The van der Waals surface area contributed by atoms with E-state index in [-0.39, 0.29) is 11.9 Å². The number of piperidine rings is 1. The van der Waals surface area contributed by atoms with Crippen molar-refractivity contribution in [3.63, 3.8) is 0 Å². The fourth-order valence-corrected chi connectivity index (χ4v) is 7.51. The number of esters is 5. The maximum atomic E-state index is 14.0. The van der Waals surface area contributed by atoms with E-state index < -0.39 is 85.3 Å². The molecule has 9 atom stereocenters. The number of carbonyl (C=O) groups excluding carboxylic acids is 6. The summed E-state index contributed by atoms with van der Waals surface area (Å²) in [5.74, 6) is -4.27. The smallest absolute Gasteiger partial charge is 0.308 e. The SMILES string of the molecule is C=C[C@H]1[C@H](O[C@@H]2O[C@H](COC(C)=O)[C@@H](OC(C)=O)[C@H](OC(C)=O)[C@H]2OC(C)=O)OC=C2C(=O)N3CCc4c([nH]c5ccc(OC(C)=O)cc45)[C@@H]3C[C@H]21. The van der Waals surface area contributed by atoms with Crippen molar-refractivity contribution < 1.29 is 66.7 Å². The minimum absolute atomic E-state index is 0.205. The Morgan fingerprint density at radius 3 is 2.27 bits per heavy atom. The molecule has 1 N–H and O–H groups in total. The molecular formula is C36H40N2O14. The lowest BCUT2D eigenvalue weighted by Crippen LogP contribution is -2.63. The van der Waals surface area contributed by atoms with Gasteiger partial charge >= 0.3 is 29.8 Å². The van der Waals surface area contributed by atoms with Crippen LogP contribution in [-0.2, 0) is 68.3 Å². The van der Waals surface area contributed by atoms with Gasteiger partial charge in [0.15, 0.2) is 18.3 Å². The molecule has 1 amide bonds. The molecule has 0 aliphatic carbocycles. The van der Waals surface area contributed by atoms with Crippen LogP contribution in [0.1, 0.15) is 58.3 Å². The first-order chi connectivity index (χ1) is 24.7. The largest absolute Gasteiger partial charge is 0.471 e. The maximum absolute atomic E-state index is 14.0. The summed E-state index contributed by atoms with van der Waals surface area (Å²) in [6.45, 7) is 9.94. The van der Waals surface area contributed by atoms with Gasteiger partial charge in [0.2, 0.25) is 12.6 Å². The summed E-state index contributed by atoms with van der Waals surface area (Å²) in [6, 6.07) is 5.02. The summed E-state index contributed by atoms with van der Waals surface area (Å²) in [6.07, 6.45) is -4.12. The van der Waals surface area contributed by atoms with E-state index in [4.69, 9.17) is 37.9 Å². The van der Waals surface area contributed by atoms with E-state index in [2.05, 4.69) is 11.6 Å². The Labute approximate surface area is 298 Å². The fourth-order valence-electron chi connectivity index (χ4n) is 7.51. The number of carbonyl (C=O) groups is 6. The summed E-state index contributed by atoms with van der Waals surface area (Å²) in [7, 11) is 0. The molecule has 52 heavy (non-hydrogen) atoms. The number of nitrogens with zero attached hydrogens (tertiary/aromatic N) is 1. The van der Waals surface area contributed by atoms with E-state index in [0.717, 1.165) is 42.9 Å². The van der Waals surface area contributed by atoms with Gasteiger partial charge < -0.3 is 47.8 Å². The van der Waals surface area contributed by atoms with Gasteiger partial charge in [0.05, 0.1) is 17.9 Å². The van der Waals surface area contributed by atoms with Crippen molar-refractivity contribution in [3.8, 4) is 5.75 Å². The third-order valence-electron chi connectivity index (χ3n) is 9.47. The molecule has 6 rings (SSSR count). The zero-order valence-electron chi connectivity index (χ0n) is 29.3. The molecular weight excluding hydrogens is 684 g/mol. The van der Waals surface area contributed by atoms with Gasteiger partial charge in [0, 0.05) is 69.6 Å². The Morgan fingerprint density at radius 2 is 1.62 bits per heavy atom. The molecule has 16 heteroatoms. The third-order valence-corrected chi connectivity index (χ3v) is 9.47.